The number of hydrogen-bond acceptors (Lipinski definition) is 3. The van der Waals surface area contributed by atoms with E-state index in [9.17, 15) is 4.79 Å². The summed E-state index contributed by atoms with van der Waals surface area (Å²) in [6, 6.07) is 8.62. The minimum absolute atomic E-state index is 0.451. The number of nitriles is 1. The van der Waals surface area contributed by atoms with Crippen LogP contribution >= 0.6 is 0 Å². The molecule has 5 heteroatoms. The predicted octanol–water partition coefficient (Wildman–Crippen LogP) is 0.638. The first kappa shape index (κ1) is 10.9. The summed E-state index contributed by atoms with van der Waals surface area (Å²) in [6.07, 6.45) is 0. The molecule has 5 nitrogen and oxygen atoms in total. The average molecular weight is 204 g/mol. The minimum Gasteiger partial charge on any atom is -0.383 e. The zero-order chi connectivity index (χ0) is 11.1. The molecule has 2 amide bonds. The molecule has 0 fully saturated rings. The molecular formula is C10H12N4O. The Morgan fingerprint density at radius 3 is 2.93 bits per heavy atom. The van der Waals surface area contributed by atoms with E-state index >= 15 is 0 Å². The summed E-state index contributed by atoms with van der Waals surface area (Å²) in [5, 5.41) is 14.2. The highest BCUT2D eigenvalue weighted by molar-refractivity contribution is 5.71. The molecule has 0 radical (unpaired) electrons. The molecule has 0 aliphatic carbocycles. The third kappa shape index (κ3) is 4.00. The molecule has 1 rings (SSSR count). The first-order chi connectivity index (χ1) is 7.22. The Morgan fingerprint density at radius 1 is 1.47 bits per heavy atom. The van der Waals surface area contributed by atoms with Gasteiger partial charge < -0.3 is 16.4 Å². The lowest BCUT2D eigenvalue weighted by atomic mass is 10.2. The molecule has 1 aromatic carbocycles. The van der Waals surface area contributed by atoms with E-state index in [1.165, 1.54) is 0 Å². The van der Waals surface area contributed by atoms with Crippen molar-refractivity contribution in [2.24, 2.45) is 5.73 Å². The fourth-order valence-electron chi connectivity index (χ4n) is 1.09. The Kier molecular flexibility index (Phi) is 3.98. The molecule has 0 saturated heterocycles. The van der Waals surface area contributed by atoms with Crippen molar-refractivity contribution >= 4 is 11.7 Å². The smallest absolute Gasteiger partial charge is 0.312 e. The largest absolute Gasteiger partial charge is 0.383 e. The second-order valence-corrected chi connectivity index (χ2v) is 2.91. The third-order valence-corrected chi connectivity index (χ3v) is 1.75. The van der Waals surface area contributed by atoms with E-state index in [1.807, 2.05) is 12.1 Å². The SMILES string of the molecule is N#Cc1cccc(NCCNC(N)=O)c1. The van der Waals surface area contributed by atoms with Crippen LogP contribution in [0.4, 0.5) is 10.5 Å². The first-order valence-corrected chi connectivity index (χ1v) is 4.49. The van der Waals surface area contributed by atoms with Crippen LogP contribution in [0, 0.1) is 11.3 Å². The van der Waals surface area contributed by atoms with Crippen molar-refractivity contribution in [1.82, 2.24) is 5.32 Å². The van der Waals surface area contributed by atoms with Crippen LogP contribution < -0.4 is 16.4 Å². The molecule has 0 heterocycles. The van der Waals surface area contributed by atoms with Gasteiger partial charge in [0.2, 0.25) is 0 Å². The van der Waals surface area contributed by atoms with E-state index in [1.54, 1.807) is 18.2 Å². The quantitative estimate of drug-likeness (QED) is 0.628. The lowest BCUT2D eigenvalue weighted by molar-refractivity contribution is 0.249. The summed E-state index contributed by atoms with van der Waals surface area (Å²) >= 11 is 0. The highest BCUT2D eigenvalue weighted by atomic mass is 16.2. The zero-order valence-corrected chi connectivity index (χ0v) is 8.16. The van der Waals surface area contributed by atoms with Crippen LogP contribution in [-0.2, 0) is 0 Å². The summed E-state index contributed by atoms with van der Waals surface area (Å²) < 4.78 is 0. The van der Waals surface area contributed by atoms with Crippen molar-refractivity contribution < 1.29 is 4.79 Å². The van der Waals surface area contributed by atoms with Crippen LogP contribution in [0.2, 0.25) is 0 Å². The molecular weight excluding hydrogens is 192 g/mol. The van der Waals surface area contributed by atoms with Crippen molar-refractivity contribution in [2.45, 2.75) is 0 Å². The highest BCUT2D eigenvalue weighted by Crippen LogP contribution is 2.08. The maximum atomic E-state index is 10.4. The van der Waals surface area contributed by atoms with Gasteiger partial charge in [0, 0.05) is 18.8 Å². The maximum Gasteiger partial charge on any atom is 0.312 e. The number of carbonyl (C=O) groups excluding carboxylic acids is 1. The van der Waals surface area contributed by atoms with E-state index in [4.69, 9.17) is 11.0 Å². The number of urea groups is 1. The molecule has 0 aliphatic rings. The van der Waals surface area contributed by atoms with E-state index in [-0.39, 0.29) is 0 Å². The molecule has 78 valence electrons. The monoisotopic (exact) mass is 204 g/mol. The number of amides is 2. The fraction of sp³-hybridized carbons (Fsp3) is 0.200. The van der Waals surface area contributed by atoms with Crippen molar-refractivity contribution in [1.29, 1.82) is 5.26 Å². The Hall–Kier alpha value is -2.22. The number of carbonyl (C=O) groups is 1. The Labute approximate surface area is 87.9 Å². The number of nitrogens with zero attached hydrogens (tertiary/aromatic N) is 1. The summed E-state index contributed by atoms with van der Waals surface area (Å²) in [5.74, 6) is 0. The summed E-state index contributed by atoms with van der Waals surface area (Å²) in [6.45, 7) is 1.02. The molecule has 1 aromatic rings. The second kappa shape index (κ2) is 5.50. The molecule has 4 N–H and O–H groups in total. The van der Waals surface area contributed by atoms with Gasteiger partial charge >= 0.3 is 6.03 Å². The first-order valence-electron chi connectivity index (χ1n) is 4.49. The van der Waals surface area contributed by atoms with Crippen molar-refractivity contribution in [3.8, 4) is 6.07 Å². The Bertz CT molecular complexity index is 383. The van der Waals surface area contributed by atoms with Crippen molar-refractivity contribution in [3.05, 3.63) is 29.8 Å². The van der Waals surface area contributed by atoms with Crippen LogP contribution in [0.5, 0.6) is 0 Å². The summed E-state index contributed by atoms with van der Waals surface area (Å²) in [7, 11) is 0. The molecule has 0 aromatic heterocycles. The second-order valence-electron chi connectivity index (χ2n) is 2.91. The highest BCUT2D eigenvalue weighted by Gasteiger charge is 1.94. The van der Waals surface area contributed by atoms with Crippen LogP contribution in [0.1, 0.15) is 5.56 Å². The molecule has 0 aliphatic heterocycles. The molecule has 0 bridgehead atoms. The van der Waals surface area contributed by atoms with Gasteiger partial charge in [-0.1, -0.05) is 6.07 Å². The number of hydrogen-bond donors (Lipinski definition) is 3. The van der Waals surface area contributed by atoms with Crippen molar-refractivity contribution in [2.75, 3.05) is 18.4 Å². The van der Waals surface area contributed by atoms with Gasteiger partial charge in [-0.15, -0.1) is 0 Å². The molecule has 0 saturated carbocycles. The Morgan fingerprint density at radius 2 is 2.27 bits per heavy atom. The van der Waals surface area contributed by atoms with Gasteiger partial charge in [0.05, 0.1) is 11.6 Å². The summed E-state index contributed by atoms with van der Waals surface area (Å²) in [4.78, 5) is 10.4. The number of nitrogens with one attached hydrogen (secondary N) is 2. The topological polar surface area (TPSA) is 90.9 Å². The third-order valence-electron chi connectivity index (χ3n) is 1.75. The van der Waals surface area contributed by atoms with Crippen LogP contribution in [0.3, 0.4) is 0 Å². The van der Waals surface area contributed by atoms with E-state index < -0.39 is 6.03 Å². The van der Waals surface area contributed by atoms with Gasteiger partial charge in [-0.2, -0.15) is 5.26 Å². The lowest BCUT2D eigenvalue weighted by Gasteiger charge is -2.06. The number of anilines is 1. The van der Waals surface area contributed by atoms with Gasteiger partial charge in [-0.05, 0) is 18.2 Å². The lowest BCUT2D eigenvalue weighted by Crippen LogP contribution is -2.33. The van der Waals surface area contributed by atoms with Crippen LogP contribution in [-0.4, -0.2) is 19.1 Å². The van der Waals surface area contributed by atoms with E-state index in [2.05, 4.69) is 10.6 Å². The van der Waals surface area contributed by atoms with Gasteiger partial charge in [0.15, 0.2) is 0 Å². The number of primary amides is 1. The standard InChI is InChI=1S/C10H12N4O/c11-7-8-2-1-3-9(6-8)13-4-5-14-10(12)15/h1-3,6,13H,4-5H2,(H3,12,14,15). The summed E-state index contributed by atoms with van der Waals surface area (Å²) in [5.41, 5.74) is 6.34. The van der Waals surface area contributed by atoms with Gasteiger partial charge in [0.1, 0.15) is 0 Å². The predicted molar refractivity (Wildman–Crippen MR) is 57.2 cm³/mol. The molecule has 0 spiro atoms. The van der Waals surface area contributed by atoms with Crippen LogP contribution in [0.25, 0.3) is 0 Å². The molecule has 0 atom stereocenters. The fourth-order valence-corrected chi connectivity index (χ4v) is 1.09. The van der Waals surface area contributed by atoms with Gasteiger partial charge in [-0.25, -0.2) is 4.79 Å². The molecule has 0 unspecified atom stereocenters. The minimum atomic E-state index is -0.539. The Balaban J connectivity index is 2.38. The zero-order valence-electron chi connectivity index (χ0n) is 8.16. The normalized spacial score (nSPS) is 9.00. The van der Waals surface area contributed by atoms with E-state index in [0.717, 1.165) is 5.69 Å². The van der Waals surface area contributed by atoms with Gasteiger partial charge in [0.25, 0.3) is 0 Å². The average Bonchev–Trinajstić information content (AvgIpc) is 2.24. The van der Waals surface area contributed by atoms with E-state index in [0.29, 0.717) is 18.7 Å². The molecule has 15 heavy (non-hydrogen) atoms. The van der Waals surface area contributed by atoms with Crippen molar-refractivity contribution in [3.63, 3.8) is 0 Å². The number of nitrogens with two attached hydrogens (primary N) is 1. The van der Waals surface area contributed by atoms with Gasteiger partial charge in [-0.3, -0.25) is 0 Å². The number of rotatable bonds is 4. The number of benzene rings is 1. The van der Waals surface area contributed by atoms with Crippen LogP contribution in [0.15, 0.2) is 24.3 Å². The maximum absolute atomic E-state index is 10.4.